The molecule has 2 aliphatic heterocycles. The highest BCUT2D eigenvalue weighted by Crippen LogP contribution is 2.11. The van der Waals surface area contributed by atoms with Crippen LogP contribution in [-0.2, 0) is 14.3 Å². The van der Waals surface area contributed by atoms with Gasteiger partial charge in [0.25, 0.3) is 0 Å². The molecular formula is C19H28N4O3. The maximum absolute atomic E-state index is 12.4. The van der Waals surface area contributed by atoms with E-state index < -0.39 is 0 Å². The van der Waals surface area contributed by atoms with Crippen LogP contribution in [0.1, 0.15) is 6.92 Å². The molecular weight excluding hydrogens is 332 g/mol. The van der Waals surface area contributed by atoms with Gasteiger partial charge < -0.3 is 15.0 Å². The zero-order chi connectivity index (χ0) is 18.4. The highest BCUT2D eigenvalue weighted by molar-refractivity contribution is 5.94. The number of hydrogen-bond acceptors (Lipinski definition) is 5. The van der Waals surface area contributed by atoms with Gasteiger partial charge in [-0.1, -0.05) is 18.2 Å². The van der Waals surface area contributed by atoms with E-state index in [1.54, 1.807) is 0 Å². The van der Waals surface area contributed by atoms with E-state index >= 15 is 0 Å². The normalized spacial score (nSPS) is 20.6. The number of hydrogen-bond donors (Lipinski definition) is 1. The number of amides is 2. The quantitative estimate of drug-likeness (QED) is 0.828. The molecule has 2 heterocycles. The fourth-order valence-electron chi connectivity index (χ4n) is 3.35. The fraction of sp³-hybridized carbons (Fsp3) is 0.579. The molecule has 142 valence electrons. The first-order chi connectivity index (χ1) is 12.6. The van der Waals surface area contributed by atoms with Gasteiger partial charge in [-0.05, 0) is 19.1 Å². The van der Waals surface area contributed by atoms with E-state index in [-0.39, 0.29) is 17.9 Å². The van der Waals surface area contributed by atoms with Gasteiger partial charge in [0.05, 0.1) is 25.8 Å². The van der Waals surface area contributed by atoms with Gasteiger partial charge in [-0.2, -0.15) is 0 Å². The van der Waals surface area contributed by atoms with Gasteiger partial charge in [-0.3, -0.25) is 19.4 Å². The largest absolute Gasteiger partial charge is 0.378 e. The Hall–Kier alpha value is -1.96. The number of nitrogens with one attached hydrogen (secondary N) is 1. The standard InChI is InChI=1S/C19H28N4O3/c1-16(19(25)20-17-5-3-2-4-6-17)22-9-7-21(8-10-22)15-18(24)23-11-13-26-14-12-23/h2-6,16H,7-15H2,1H3,(H,20,25). The summed E-state index contributed by atoms with van der Waals surface area (Å²) in [6.45, 7) is 8.23. The predicted octanol–water partition coefficient (Wildman–Crippen LogP) is 0.490. The average Bonchev–Trinajstić information content (AvgIpc) is 2.69. The van der Waals surface area contributed by atoms with E-state index in [0.717, 1.165) is 31.9 Å². The van der Waals surface area contributed by atoms with E-state index in [1.165, 1.54) is 0 Å². The monoisotopic (exact) mass is 360 g/mol. The number of benzene rings is 1. The van der Waals surface area contributed by atoms with Crippen molar-refractivity contribution >= 4 is 17.5 Å². The third-order valence-electron chi connectivity index (χ3n) is 5.10. The van der Waals surface area contributed by atoms with E-state index in [2.05, 4.69) is 15.1 Å². The first-order valence-corrected chi connectivity index (χ1v) is 9.31. The Morgan fingerprint density at radius 3 is 2.35 bits per heavy atom. The van der Waals surface area contributed by atoms with Crippen LogP contribution >= 0.6 is 0 Å². The molecule has 0 bridgehead atoms. The number of carbonyl (C=O) groups excluding carboxylic acids is 2. The Morgan fingerprint density at radius 1 is 1.04 bits per heavy atom. The molecule has 3 rings (SSSR count). The summed E-state index contributed by atoms with van der Waals surface area (Å²) >= 11 is 0. The second-order valence-electron chi connectivity index (χ2n) is 6.84. The maximum atomic E-state index is 12.4. The van der Waals surface area contributed by atoms with Crippen LogP contribution in [0.3, 0.4) is 0 Å². The van der Waals surface area contributed by atoms with E-state index in [9.17, 15) is 9.59 Å². The van der Waals surface area contributed by atoms with Crippen LogP contribution in [-0.4, -0.2) is 91.6 Å². The predicted molar refractivity (Wildman–Crippen MR) is 99.9 cm³/mol. The zero-order valence-electron chi connectivity index (χ0n) is 15.4. The molecule has 2 aliphatic rings. The van der Waals surface area contributed by atoms with Crippen LogP contribution < -0.4 is 5.32 Å². The first kappa shape index (κ1) is 18.8. The van der Waals surface area contributed by atoms with E-state index in [1.807, 2.05) is 42.2 Å². The van der Waals surface area contributed by atoms with Crippen LogP contribution in [0.25, 0.3) is 0 Å². The summed E-state index contributed by atoms with van der Waals surface area (Å²) < 4.78 is 5.29. The van der Waals surface area contributed by atoms with Crippen LogP contribution in [0.4, 0.5) is 5.69 Å². The highest BCUT2D eigenvalue weighted by atomic mass is 16.5. The molecule has 0 spiro atoms. The lowest BCUT2D eigenvalue weighted by molar-refractivity contribution is -0.137. The number of carbonyl (C=O) groups is 2. The Morgan fingerprint density at radius 2 is 1.69 bits per heavy atom. The average molecular weight is 360 g/mol. The Labute approximate surface area is 154 Å². The van der Waals surface area contributed by atoms with Gasteiger partial charge in [-0.15, -0.1) is 0 Å². The van der Waals surface area contributed by atoms with Crippen molar-refractivity contribution in [2.45, 2.75) is 13.0 Å². The minimum Gasteiger partial charge on any atom is -0.378 e. The minimum absolute atomic E-state index is 0.00837. The molecule has 2 saturated heterocycles. The van der Waals surface area contributed by atoms with Crippen molar-refractivity contribution in [3.8, 4) is 0 Å². The van der Waals surface area contributed by atoms with Crippen molar-refractivity contribution in [1.29, 1.82) is 0 Å². The van der Waals surface area contributed by atoms with Gasteiger partial charge in [0.15, 0.2) is 0 Å². The van der Waals surface area contributed by atoms with Crippen molar-refractivity contribution in [3.05, 3.63) is 30.3 Å². The second kappa shape index (κ2) is 9.12. The number of ether oxygens (including phenoxy) is 1. The molecule has 2 fully saturated rings. The molecule has 0 radical (unpaired) electrons. The molecule has 1 N–H and O–H groups in total. The molecule has 7 heteroatoms. The smallest absolute Gasteiger partial charge is 0.241 e. The lowest BCUT2D eigenvalue weighted by Crippen LogP contribution is -2.55. The third kappa shape index (κ3) is 5.03. The number of para-hydroxylation sites is 1. The van der Waals surface area contributed by atoms with Crippen molar-refractivity contribution < 1.29 is 14.3 Å². The lowest BCUT2D eigenvalue weighted by atomic mass is 10.2. The zero-order valence-corrected chi connectivity index (χ0v) is 15.4. The fourth-order valence-corrected chi connectivity index (χ4v) is 3.35. The molecule has 1 unspecified atom stereocenters. The molecule has 26 heavy (non-hydrogen) atoms. The van der Waals surface area contributed by atoms with Crippen LogP contribution in [0, 0.1) is 0 Å². The number of nitrogens with zero attached hydrogens (tertiary/aromatic N) is 3. The van der Waals surface area contributed by atoms with E-state index in [4.69, 9.17) is 4.74 Å². The first-order valence-electron chi connectivity index (χ1n) is 9.31. The van der Waals surface area contributed by atoms with Crippen molar-refractivity contribution in [1.82, 2.24) is 14.7 Å². The van der Waals surface area contributed by atoms with Gasteiger partial charge in [0.1, 0.15) is 0 Å². The SMILES string of the molecule is CC(C(=O)Nc1ccccc1)N1CCN(CC(=O)N2CCOCC2)CC1. The van der Waals surface area contributed by atoms with E-state index in [0.29, 0.717) is 32.8 Å². The Balaban J connectivity index is 1.42. The molecule has 2 amide bonds. The number of piperazine rings is 1. The molecule has 1 atom stereocenters. The third-order valence-corrected chi connectivity index (χ3v) is 5.10. The summed E-state index contributed by atoms with van der Waals surface area (Å²) in [6.07, 6.45) is 0. The summed E-state index contributed by atoms with van der Waals surface area (Å²) in [5, 5.41) is 2.96. The van der Waals surface area contributed by atoms with Gasteiger partial charge in [-0.25, -0.2) is 0 Å². The van der Waals surface area contributed by atoms with Crippen LogP contribution in [0.15, 0.2) is 30.3 Å². The molecule has 0 aliphatic carbocycles. The summed E-state index contributed by atoms with van der Waals surface area (Å²) in [4.78, 5) is 31.0. The topological polar surface area (TPSA) is 65.1 Å². The Bertz CT molecular complexity index is 596. The molecule has 1 aromatic rings. The van der Waals surface area contributed by atoms with Crippen LogP contribution in [0.2, 0.25) is 0 Å². The second-order valence-corrected chi connectivity index (χ2v) is 6.84. The van der Waals surface area contributed by atoms with Crippen molar-refractivity contribution in [2.75, 3.05) is 64.3 Å². The number of anilines is 1. The molecule has 1 aromatic carbocycles. The van der Waals surface area contributed by atoms with Crippen molar-refractivity contribution in [3.63, 3.8) is 0 Å². The lowest BCUT2D eigenvalue weighted by Gasteiger charge is -2.38. The van der Waals surface area contributed by atoms with Gasteiger partial charge in [0.2, 0.25) is 11.8 Å². The van der Waals surface area contributed by atoms with Gasteiger partial charge >= 0.3 is 0 Å². The summed E-state index contributed by atoms with van der Waals surface area (Å²) in [5.41, 5.74) is 0.819. The summed E-state index contributed by atoms with van der Waals surface area (Å²) in [5.74, 6) is 0.186. The summed E-state index contributed by atoms with van der Waals surface area (Å²) in [6, 6.07) is 9.33. The summed E-state index contributed by atoms with van der Waals surface area (Å²) in [7, 11) is 0. The van der Waals surface area contributed by atoms with Gasteiger partial charge in [0, 0.05) is 45.0 Å². The molecule has 0 aromatic heterocycles. The van der Waals surface area contributed by atoms with Crippen LogP contribution in [0.5, 0.6) is 0 Å². The number of rotatable bonds is 5. The minimum atomic E-state index is -0.188. The maximum Gasteiger partial charge on any atom is 0.241 e. The van der Waals surface area contributed by atoms with Crippen molar-refractivity contribution in [2.24, 2.45) is 0 Å². The Kier molecular flexibility index (Phi) is 6.60. The molecule has 0 saturated carbocycles. The molecule has 7 nitrogen and oxygen atoms in total. The highest BCUT2D eigenvalue weighted by Gasteiger charge is 2.27. The number of morpholine rings is 1.